The minimum absolute atomic E-state index is 0.0304. The molecule has 0 N–H and O–H groups in total. The molecule has 0 unspecified atom stereocenters. The highest BCUT2D eigenvalue weighted by Gasteiger charge is 2.20. The molecule has 1 aromatic heterocycles. The Hall–Kier alpha value is -3.19. The van der Waals surface area contributed by atoms with Crippen molar-refractivity contribution in [2.75, 3.05) is 13.7 Å². The standard InChI is InChI=1S/C19H16ClN3O4/c1-12-18(22-23(21-12)14-7-5-6-13(20)10-14)19(25)27-11-16(24)15-8-3-4-9-17(15)26-2/h3-10H,11H2,1-2H3. The van der Waals surface area contributed by atoms with E-state index >= 15 is 0 Å². The van der Waals surface area contributed by atoms with E-state index in [1.807, 2.05) is 0 Å². The molecular weight excluding hydrogens is 370 g/mol. The second-order valence-corrected chi connectivity index (χ2v) is 6.04. The number of esters is 1. The Balaban J connectivity index is 1.72. The van der Waals surface area contributed by atoms with Crippen LogP contribution in [0.2, 0.25) is 5.02 Å². The normalized spacial score (nSPS) is 10.5. The van der Waals surface area contributed by atoms with Crippen molar-refractivity contribution in [3.05, 3.63) is 70.5 Å². The predicted molar refractivity (Wildman–Crippen MR) is 98.7 cm³/mol. The van der Waals surface area contributed by atoms with Gasteiger partial charge in [-0.15, -0.1) is 5.10 Å². The van der Waals surface area contributed by atoms with Crippen LogP contribution < -0.4 is 4.74 Å². The molecule has 0 saturated carbocycles. The predicted octanol–water partition coefficient (Wildman–Crippen LogP) is 3.28. The highest BCUT2D eigenvalue weighted by Crippen LogP contribution is 2.18. The molecule has 0 amide bonds. The number of benzene rings is 2. The average Bonchev–Trinajstić information content (AvgIpc) is 3.07. The third kappa shape index (κ3) is 4.15. The lowest BCUT2D eigenvalue weighted by Gasteiger charge is -2.07. The minimum atomic E-state index is -0.732. The minimum Gasteiger partial charge on any atom is -0.496 e. The first-order valence-electron chi connectivity index (χ1n) is 8.03. The molecule has 27 heavy (non-hydrogen) atoms. The Labute approximate surface area is 160 Å². The number of ketones is 1. The number of para-hydroxylation sites is 1. The van der Waals surface area contributed by atoms with Gasteiger partial charge < -0.3 is 9.47 Å². The summed E-state index contributed by atoms with van der Waals surface area (Å²) in [6.45, 7) is 1.20. The number of rotatable bonds is 6. The number of aromatic nitrogens is 3. The van der Waals surface area contributed by atoms with Crippen molar-refractivity contribution in [1.29, 1.82) is 0 Å². The lowest BCUT2D eigenvalue weighted by Crippen LogP contribution is -2.16. The van der Waals surface area contributed by atoms with Crippen LogP contribution in [0.25, 0.3) is 5.69 Å². The second-order valence-electron chi connectivity index (χ2n) is 5.60. The number of Topliss-reactive ketones (excluding diaryl/α,β-unsaturated/α-hetero) is 1. The molecule has 0 bridgehead atoms. The monoisotopic (exact) mass is 385 g/mol. The number of carbonyl (C=O) groups excluding carboxylic acids is 2. The van der Waals surface area contributed by atoms with Crippen molar-refractivity contribution in [3.8, 4) is 11.4 Å². The Morgan fingerprint density at radius 3 is 2.63 bits per heavy atom. The van der Waals surface area contributed by atoms with Gasteiger partial charge in [0.15, 0.2) is 12.3 Å². The van der Waals surface area contributed by atoms with Crippen molar-refractivity contribution in [2.45, 2.75) is 6.92 Å². The van der Waals surface area contributed by atoms with Crippen molar-refractivity contribution in [3.63, 3.8) is 0 Å². The number of halogens is 1. The van der Waals surface area contributed by atoms with Gasteiger partial charge >= 0.3 is 5.97 Å². The summed E-state index contributed by atoms with van der Waals surface area (Å²) in [6.07, 6.45) is 0. The molecule has 138 valence electrons. The molecule has 7 nitrogen and oxygen atoms in total. The number of hydrogen-bond acceptors (Lipinski definition) is 6. The molecule has 3 rings (SSSR count). The zero-order valence-electron chi connectivity index (χ0n) is 14.7. The third-order valence-electron chi connectivity index (χ3n) is 3.76. The van der Waals surface area contributed by atoms with E-state index in [0.717, 1.165) is 0 Å². The summed E-state index contributed by atoms with van der Waals surface area (Å²) in [5.74, 6) is -0.689. The number of aryl methyl sites for hydroxylation is 1. The van der Waals surface area contributed by atoms with Gasteiger partial charge in [-0.3, -0.25) is 4.79 Å². The van der Waals surface area contributed by atoms with Gasteiger partial charge in [-0.2, -0.15) is 9.90 Å². The van der Waals surface area contributed by atoms with Crippen molar-refractivity contribution >= 4 is 23.4 Å². The molecule has 0 aliphatic heterocycles. The highest BCUT2D eigenvalue weighted by molar-refractivity contribution is 6.30. The van der Waals surface area contributed by atoms with Gasteiger partial charge in [0.1, 0.15) is 5.75 Å². The zero-order valence-corrected chi connectivity index (χ0v) is 15.4. The van der Waals surface area contributed by atoms with Crippen LogP contribution in [-0.4, -0.2) is 40.5 Å². The Morgan fingerprint density at radius 2 is 1.89 bits per heavy atom. The second kappa shape index (κ2) is 8.01. The number of carbonyl (C=O) groups is 2. The van der Waals surface area contributed by atoms with E-state index in [9.17, 15) is 9.59 Å². The first kappa shape index (κ1) is 18.6. The smallest absolute Gasteiger partial charge is 0.361 e. The molecule has 0 radical (unpaired) electrons. The lowest BCUT2D eigenvalue weighted by molar-refractivity contribution is 0.0467. The van der Waals surface area contributed by atoms with E-state index in [1.165, 1.54) is 11.9 Å². The maximum atomic E-state index is 12.3. The van der Waals surface area contributed by atoms with Crippen molar-refractivity contribution in [2.24, 2.45) is 0 Å². The molecule has 0 atom stereocenters. The van der Waals surface area contributed by atoms with Crippen LogP contribution >= 0.6 is 11.6 Å². The Bertz CT molecular complexity index is 1000. The summed E-state index contributed by atoms with van der Waals surface area (Å²) >= 11 is 5.96. The quantitative estimate of drug-likeness (QED) is 0.478. The molecule has 0 spiro atoms. The number of methoxy groups -OCH3 is 1. The van der Waals surface area contributed by atoms with Gasteiger partial charge in [0.05, 0.1) is 24.1 Å². The van der Waals surface area contributed by atoms with Crippen LogP contribution in [0.4, 0.5) is 0 Å². The van der Waals surface area contributed by atoms with Crippen LogP contribution in [0.3, 0.4) is 0 Å². The fourth-order valence-corrected chi connectivity index (χ4v) is 2.62. The van der Waals surface area contributed by atoms with Crippen LogP contribution in [0, 0.1) is 6.92 Å². The van der Waals surface area contributed by atoms with Gasteiger partial charge in [0, 0.05) is 5.02 Å². The number of nitrogens with zero attached hydrogens (tertiary/aromatic N) is 3. The molecule has 2 aromatic carbocycles. The highest BCUT2D eigenvalue weighted by atomic mass is 35.5. The van der Waals surface area contributed by atoms with E-state index < -0.39 is 12.6 Å². The Kier molecular flexibility index (Phi) is 5.52. The van der Waals surface area contributed by atoms with E-state index in [2.05, 4.69) is 10.2 Å². The third-order valence-corrected chi connectivity index (χ3v) is 3.99. The summed E-state index contributed by atoms with van der Waals surface area (Å²) < 4.78 is 10.3. The van der Waals surface area contributed by atoms with Crippen LogP contribution in [0.5, 0.6) is 5.75 Å². The van der Waals surface area contributed by atoms with Crippen LogP contribution in [0.1, 0.15) is 26.5 Å². The zero-order chi connectivity index (χ0) is 19.4. The molecule has 3 aromatic rings. The Morgan fingerprint density at radius 1 is 1.11 bits per heavy atom. The fourth-order valence-electron chi connectivity index (χ4n) is 2.44. The topological polar surface area (TPSA) is 83.3 Å². The van der Waals surface area contributed by atoms with Crippen LogP contribution in [-0.2, 0) is 4.74 Å². The molecule has 8 heteroatoms. The van der Waals surface area contributed by atoms with Gasteiger partial charge in [0.2, 0.25) is 5.78 Å². The van der Waals surface area contributed by atoms with E-state index in [4.69, 9.17) is 21.1 Å². The molecule has 1 heterocycles. The summed E-state index contributed by atoms with van der Waals surface area (Å²) in [5.41, 5.74) is 1.36. The average molecular weight is 386 g/mol. The van der Waals surface area contributed by atoms with E-state index in [1.54, 1.807) is 55.5 Å². The summed E-state index contributed by atoms with van der Waals surface area (Å²) in [5, 5.41) is 8.86. The fraction of sp³-hybridized carbons (Fsp3) is 0.158. The first-order chi connectivity index (χ1) is 13.0. The molecule has 0 saturated heterocycles. The number of hydrogen-bond donors (Lipinski definition) is 0. The summed E-state index contributed by atoms with van der Waals surface area (Å²) in [4.78, 5) is 25.9. The van der Waals surface area contributed by atoms with Gasteiger partial charge in [-0.1, -0.05) is 29.8 Å². The van der Waals surface area contributed by atoms with E-state index in [0.29, 0.717) is 27.7 Å². The van der Waals surface area contributed by atoms with E-state index in [-0.39, 0.29) is 11.5 Å². The van der Waals surface area contributed by atoms with Gasteiger partial charge in [0.25, 0.3) is 0 Å². The summed E-state index contributed by atoms with van der Waals surface area (Å²) in [7, 11) is 1.47. The van der Waals surface area contributed by atoms with Crippen molar-refractivity contribution in [1.82, 2.24) is 15.0 Å². The molecule has 0 aliphatic rings. The van der Waals surface area contributed by atoms with Gasteiger partial charge in [-0.25, -0.2) is 4.79 Å². The molecule has 0 fully saturated rings. The maximum Gasteiger partial charge on any atom is 0.361 e. The SMILES string of the molecule is COc1ccccc1C(=O)COC(=O)c1nn(-c2cccc(Cl)c2)nc1C. The molecular formula is C19H16ClN3O4. The number of ether oxygens (including phenoxy) is 2. The maximum absolute atomic E-state index is 12.3. The van der Waals surface area contributed by atoms with Gasteiger partial charge in [-0.05, 0) is 37.3 Å². The lowest BCUT2D eigenvalue weighted by atomic mass is 10.1. The summed E-state index contributed by atoms with van der Waals surface area (Å²) in [6, 6.07) is 13.6. The largest absolute Gasteiger partial charge is 0.496 e. The van der Waals surface area contributed by atoms with Crippen LogP contribution in [0.15, 0.2) is 48.5 Å². The first-order valence-corrected chi connectivity index (χ1v) is 8.40. The molecule has 0 aliphatic carbocycles. The van der Waals surface area contributed by atoms with Crippen molar-refractivity contribution < 1.29 is 19.1 Å².